The minimum absolute atomic E-state index is 0.122. The smallest absolute Gasteiger partial charge is 0.221 e. The van der Waals surface area contributed by atoms with Crippen LogP contribution in [-0.2, 0) is 4.79 Å². The molecule has 1 saturated carbocycles. The Morgan fingerprint density at radius 3 is 2.68 bits per heavy atom. The van der Waals surface area contributed by atoms with Crippen LogP contribution in [0.3, 0.4) is 0 Å². The number of amides is 1. The summed E-state index contributed by atoms with van der Waals surface area (Å²) in [4.78, 5) is 12.3. The van der Waals surface area contributed by atoms with Crippen LogP contribution >= 0.6 is 11.8 Å². The van der Waals surface area contributed by atoms with Gasteiger partial charge in [0.2, 0.25) is 11.7 Å². The zero-order valence-corrected chi connectivity index (χ0v) is 16.5. The molecule has 2 aromatic heterocycles. The number of nitrogens with one attached hydrogen (secondary N) is 1. The van der Waals surface area contributed by atoms with Crippen LogP contribution in [0.25, 0.3) is 17.3 Å². The molecule has 0 atom stereocenters. The van der Waals surface area contributed by atoms with E-state index in [1.54, 1.807) is 6.26 Å². The second-order valence-corrected chi connectivity index (χ2v) is 8.02. The van der Waals surface area contributed by atoms with Crippen LogP contribution in [0.2, 0.25) is 0 Å². The Hall–Kier alpha value is -2.54. The van der Waals surface area contributed by atoms with Gasteiger partial charge in [-0.1, -0.05) is 49.2 Å². The summed E-state index contributed by atoms with van der Waals surface area (Å²) in [5.41, 5.74) is 0.966. The first-order chi connectivity index (χ1) is 13.8. The summed E-state index contributed by atoms with van der Waals surface area (Å²) >= 11 is 1.54. The van der Waals surface area contributed by atoms with E-state index in [2.05, 4.69) is 15.5 Å². The second kappa shape index (κ2) is 9.10. The third-order valence-corrected chi connectivity index (χ3v) is 5.85. The van der Waals surface area contributed by atoms with Crippen LogP contribution in [-0.4, -0.2) is 32.5 Å². The van der Waals surface area contributed by atoms with Gasteiger partial charge in [-0.05, 0) is 37.1 Å². The van der Waals surface area contributed by atoms with Gasteiger partial charge in [0.05, 0.1) is 6.26 Å². The fourth-order valence-electron chi connectivity index (χ4n) is 3.52. The molecular weight excluding hydrogens is 372 g/mol. The minimum Gasteiger partial charge on any atom is -0.461 e. The van der Waals surface area contributed by atoms with Crippen LogP contribution in [0.5, 0.6) is 0 Å². The molecule has 1 aromatic carbocycles. The molecule has 1 amide bonds. The van der Waals surface area contributed by atoms with E-state index in [0.717, 1.165) is 23.7 Å². The van der Waals surface area contributed by atoms with Crippen LogP contribution < -0.4 is 5.32 Å². The maximum atomic E-state index is 12.3. The summed E-state index contributed by atoms with van der Waals surface area (Å²) < 4.78 is 7.50. The number of hydrogen-bond acceptors (Lipinski definition) is 5. The first-order valence-electron chi connectivity index (χ1n) is 9.78. The van der Waals surface area contributed by atoms with E-state index >= 15 is 0 Å². The summed E-state index contributed by atoms with van der Waals surface area (Å²) in [6.07, 6.45) is 8.03. The third-order valence-electron chi connectivity index (χ3n) is 4.92. The van der Waals surface area contributed by atoms with Crippen molar-refractivity contribution in [2.24, 2.45) is 0 Å². The summed E-state index contributed by atoms with van der Waals surface area (Å²) in [5.74, 6) is 2.10. The molecule has 3 aromatic rings. The van der Waals surface area contributed by atoms with Crippen molar-refractivity contribution >= 4 is 17.7 Å². The standard InChI is InChI=1S/C21H24N4O2S/c26-19(22-16-8-3-1-4-9-16)13-15-28-21-24-23-20(18-12-7-14-27-18)25(21)17-10-5-2-6-11-17/h2,5-7,10-12,14,16H,1,3-4,8-9,13,15H2,(H,22,26). The molecule has 6 nitrogen and oxygen atoms in total. The maximum Gasteiger partial charge on any atom is 0.221 e. The Labute approximate surface area is 168 Å². The first-order valence-corrected chi connectivity index (χ1v) is 10.8. The van der Waals surface area contributed by atoms with Crippen molar-refractivity contribution in [2.75, 3.05) is 5.75 Å². The number of carbonyl (C=O) groups is 1. The van der Waals surface area contributed by atoms with E-state index in [9.17, 15) is 4.79 Å². The van der Waals surface area contributed by atoms with Crippen molar-refractivity contribution < 1.29 is 9.21 Å². The molecule has 0 bridgehead atoms. The van der Waals surface area contributed by atoms with E-state index in [4.69, 9.17) is 4.42 Å². The molecule has 1 aliphatic rings. The van der Waals surface area contributed by atoms with Crippen LogP contribution in [0.1, 0.15) is 38.5 Å². The van der Waals surface area contributed by atoms with Crippen molar-refractivity contribution in [3.05, 3.63) is 48.7 Å². The van der Waals surface area contributed by atoms with Gasteiger partial charge in [-0.15, -0.1) is 10.2 Å². The highest BCUT2D eigenvalue weighted by molar-refractivity contribution is 7.99. The highest BCUT2D eigenvalue weighted by atomic mass is 32.2. The number of nitrogens with zero attached hydrogens (tertiary/aromatic N) is 3. The normalized spacial score (nSPS) is 14.9. The molecule has 0 radical (unpaired) electrons. The predicted molar refractivity (Wildman–Crippen MR) is 109 cm³/mol. The van der Waals surface area contributed by atoms with Crippen molar-refractivity contribution in [2.45, 2.75) is 49.7 Å². The lowest BCUT2D eigenvalue weighted by Gasteiger charge is -2.22. The zero-order valence-electron chi connectivity index (χ0n) is 15.7. The fraction of sp³-hybridized carbons (Fsp3) is 0.381. The van der Waals surface area contributed by atoms with Crippen molar-refractivity contribution in [3.8, 4) is 17.3 Å². The lowest BCUT2D eigenvalue weighted by molar-refractivity contribution is -0.121. The van der Waals surface area contributed by atoms with Gasteiger partial charge in [0.15, 0.2) is 10.9 Å². The summed E-state index contributed by atoms with van der Waals surface area (Å²) in [7, 11) is 0. The number of carbonyl (C=O) groups excluding carboxylic acids is 1. The molecule has 1 fully saturated rings. The van der Waals surface area contributed by atoms with Crippen LogP contribution in [0.15, 0.2) is 58.3 Å². The molecule has 0 spiro atoms. The topological polar surface area (TPSA) is 73.0 Å². The lowest BCUT2D eigenvalue weighted by Crippen LogP contribution is -2.36. The highest BCUT2D eigenvalue weighted by Gasteiger charge is 2.19. The molecule has 1 aliphatic carbocycles. The quantitative estimate of drug-likeness (QED) is 0.597. The lowest BCUT2D eigenvalue weighted by atomic mass is 9.95. The number of furan rings is 1. The Morgan fingerprint density at radius 2 is 1.93 bits per heavy atom. The van der Waals surface area contributed by atoms with Gasteiger partial charge in [0.25, 0.3) is 0 Å². The summed E-state index contributed by atoms with van der Waals surface area (Å²) in [6, 6.07) is 14.0. The largest absolute Gasteiger partial charge is 0.461 e. The Kier molecular flexibility index (Phi) is 6.11. The van der Waals surface area contributed by atoms with Gasteiger partial charge < -0.3 is 9.73 Å². The Bertz CT molecular complexity index is 887. The van der Waals surface area contributed by atoms with Crippen molar-refractivity contribution in [1.82, 2.24) is 20.1 Å². The fourth-order valence-corrected chi connectivity index (χ4v) is 4.41. The van der Waals surface area contributed by atoms with Crippen molar-refractivity contribution in [1.29, 1.82) is 0 Å². The van der Waals surface area contributed by atoms with E-state index < -0.39 is 0 Å². The molecule has 2 heterocycles. The third kappa shape index (κ3) is 4.47. The molecule has 146 valence electrons. The molecule has 1 N–H and O–H groups in total. The number of hydrogen-bond donors (Lipinski definition) is 1. The Morgan fingerprint density at radius 1 is 1.11 bits per heavy atom. The van der Waals surface area contributed by atoms with Gasteiger partial charge in [-0.25, -0.2) is 0 Å². The molecule has 4 rings (SSSR count). The zero-order chi connectivity index (χ0) is 19.2. The van der Waals surface area contributed by atoms with E-state index in [0.29, 0.717) is 29.8 Å². The number of thioether (sulfide) groups is 1. The van der Waals surface area contributed by atoms with Crippen molar-refractivity contribution in [3.63, 3.8) is 0 Å². The Balaban J connectivity index is 1.44. The summed E-state index contributed by atoms with van der Waals surface area (Å²) in [5, 5.41) is 12.6. The van der Waals surface area contributed by atoms with E-state index in [-0.39, 0.29) is 5.91 Å². The van der Waals surface area contributed by atoms with Crippen LogP contribution in [0, 0.1) is 0 Å². The average molecular weight is 397 g/mol. The maximum absolute atomic E-state index is 12.3. The van der Waals surface area contributed by atoms with Gasteiger partial charge >= 0.3 is 0 Å². The number of aromatic nitrogens is 3. The molecule has 7 heteroatoms. The summed E-state index contributed by atoms with van der Waals surface area (Å²) in [6.45, 7) is 0. The first kappa shape index (κ1) is 18.8. The number of benzene rings is 1. The highest BCUT2D eigenvalue weighted by Crippen LogP contribution is 2.28. The number of para-hydroxylation sites is 1. The van der Waals surface area contributed by atoms with Gasteiger partial charge in [0.1, 0.15) is 0 Å². The van der Waals surface area contributed by atoms with Crippen LogP contribution in [0.4, 0.5) is 0 Å². The molecule has 0 aliphatic heterocycles. The molecule has 28 heavy (non-hydrogen) atoms. The van der Waals surface area contributed by atoms with Gasteiger partial charge in [0, 0.05) is 23.9 Å². The van der Waals surface area contributed by atoms with E-state index in [1.165, 1.54) is 31.0 Å². The van der Waals surface area contributed by atoms with Gasteiger partial charge in [-0.3, -0.25) is 9.36 Å². The molecular formula is C21H24N4O2S. The monoisotopic (exact) mass is 396 g/mol. The SMILES string of the molecule is O=C(CCSc1nnc(-c2ccco2)n1-c1ccccc1)NC1CCCCC1. The minimum atomic E-state index is 0.122. The van der Waals surface area contributed by atoms with E-state index in [1.807, 2.05) is 47.0 Å². The van der Waals surface area contributed by atoms with Gasteiger partial charge in [-0.2, -0.15) is 0 Å². The second-order valence-electron chi connectivity index (χ2n) is 6.96. The predicted octanol–water partition coefficient (Wildman–Crippen LogP) is 4.46. The number of rotatable bonds is 7. The molecule has 0 unspecified atom stereocenters. The average Bonchev–Trinajstić information content (AvgIpc) is 3.39. The molecule has 0 saturated heterocycles.